The molecule has 0 radical (unpaired) electrons. The minimum absolute atomic E-state index is 0.434. The van der Waals surface area contributed by atoms with Gasteiger partial charge in [-0.05, 0) is 51.1 Å². The van der Waals surface area contributed by atoms with Crippen LogP contribution in [-0.2, 0) is 0 Å². The Bertz CT molecular complexity index is 443. The van der Waals surface area contributed by atoms with Crippen LogP contribution in [0.1, 0.15) is 63.6 Å². The molecule has 0 spiro atoms. The van der Waals surface area contributed by atoms with Crippen molar-refractivity contribution >= 4 is 0 Å². The summed E-state index contributed by atoms with van der Waals surface area (Å²) in [4.78, 5) is 0. The van der Waals surface area contributed by atoms with Gasteiger partial charge in [0.1, 0.15) is 5.75 Å². The van der Waals surface area contributed by atoms with Gasteiger partial charge >= 0.3 is 0 Å². The topological polar surface area (TPSA) is 21.3 Å². The lowest BCUT2D eigenvalue weighted by Crippen LogP contribution is -2.31. The molecule has 1 aliphatic rings. The molecule has 1 aromatic carbocycles. The molecule has 2 nitrogen and oxygen atoms in total. The van der Waals surface area contributed by atoms with Gasteiger partial charge in [0.15, 0.2) is 0 Å². The molecule has 3 atom stereocenters. The summed E-state index contributed by atoms with van der Waals surface area (Å²) in [6, 6.07) is 7.06. The Balaban J connectivity index is 2.32. The van der Waals surface area contributed by atoms with E-state index in [0.717, 1.165) is 30.7 Å². The predicted molar refractivity (Wildman–Crippen MR) is 89.9 cm³/mol. The highest BCUT2D eigenvalue weighted by Crippen LogP contribution is 2.42. The van der Waals surface area contributed by atoms with E-state index in [1.807, 2.05) is 0 Å². The van der Waals surface area contributed by atoms with Crippen molar-refractivity contribution in [1.29, 1.82) is 0 Å². The fourth-order valence-corrected chi connectivity index (χ4v) is 3.66. The Morgan fingerprint density at radius 2 is 2.10 bits per heavy atom. The first-order chi connectivity index (χ1) is 10.2. The number of hydrogen-bond acceptors (Lipinski definition) is 2. The third-order valence-corrected chi connectivity index (χ3v) is 4.77. The van der Waals surface area contributed by atoms with E-state index in [0.29, 0.717) is 6.04 Å². The summed E-state index contributed by atoms with van der Waals surface area (Å²) in [5.74, 6) is 2.60. The summed E-state index contributed by atoms with van der Waals surface area (Å²) >= 11 is 0. The Morgan fingerprint density at radius 1 is 1.29 bits per heavy atom. The SMILES string of the molecule is CCCNC(c1cc(C)ccc1OCC)C1CCCC1C. The first-order valence-corrected chi connectivity index (χ1v) is 8.64. The van der Waals surface area contributed by atoms with Crippen molar-refractivity contribution in [2.45, 2.75) is 59.4 Å². The van der Waals surface area contributed by atoms with Crippen molar-refractivity contribution in [3.63, 3.8) is 0 Å². The Kier molecular flexibility index (Phi) is 6.10. The maximum atomic E-state index is 5.91. The van der Waals surface area contributed by atoms with Crippen LogP contribution in [0.25, 0.3) is 0 Å². The smallest absolute Gasteiger partial charge is 0.124 e. The van der Waals surface area contributed by atoms with Crippen LogP contribution in [0.2, 0.25) is 0 Å². The summed E-state index contributed by atoms with van der Waals surface area (Å²) < 4.78 is 5.91. The fourth-order valence-electron chi connectivity index (χ4n) is 3.66. The molecule has 118 valence electrons. The normalized spacial score (nSPS) is 23.2. The molecule has 1 fully saturated rings. The zero-order valence-electron chi connectivity index (χ0n) is 14.1. The minimum Gasteiger partial charge on any atom is -0.494 e. The molecular weight excluding hydrogens is 258 g/mol. The monoisotopic (exact) mass is 289 g/mol. The van der Waals surface area contributed by atoms with Crippen molar-refractivity contribution in [3.05, 3.63) is 29.3 Å². The third kappa shape index (κ3) is 4.00. The molecule has 1 N–H and O–H groups in total. The summed E-state index contributed by atoms with van der Waals surface area (Å²) in [6.07, 6.45) is 5.24. The molecule has 0 saturated heterocycles. The van der Waals surface area contributed by atoms with E-state index >= 15 is 0 Å². The molecule has 0 aromatic heterocycles. The van der Waals surface area contributed by atoms with E-state index in [1.165, 1.54) is 36.8 Å². The van der Waals surface area contributed by atoms with Crippen molar-refractivity contribution in [3.8, 4) is 5.75 Å². The second-order valence-corrected chi connectivity index (χ2v) is 6.48. The summed E-state index contributed by atoms with van der Waals surface area (Å²) in [6.45, 7) is 10.7. The van der Waals surface area contributed by atoms with Gasteiger partial charge in [-0.1, -0.05) is 44.4 Å². The van der Waals surface area contributed by atoms with Gasteiger partial charge in [-0.3, -0.25) is 0 Å². The standard InChI is InChI=1S/C19H31NO/c1-5-12-20-19(16-9-7-8-15(16)4)17-13-14(3)10-11-18(17)21-6-2/h10-11,13,15-16,19-20H,5-9,12H2,1-4H3. The van der Waals surface area contributed by atoms with E-state index < -0.39 is 0 Å². The van der Waals surface area contributed by atoms with Gasteiger partial charge in [0, 0.05) is 11.6 Å². The molecule has 1 aromatic rings. The van der Waals surface area contributed by atoms with Crippen LogP contribution in [0.5, 0.6) is 5.75 Å². The second kappa shape index (κ2) is 7.84. The molecule has 0 aliphatic heterocycles. The molecule has 1 aliphatic carbocycles. The van der Waals surface area contributed by atoms with Crippen LogP contribution in [0.4, 0.5) is 0 Å². The molecular formula is C19H31NO. The molecule has 0 bridgehead atoms. The van der Waals surface area contributed by atoms with Gasteiger partial charge in [-0.2, -0.15) is 0 Å². The highest BCUT2D eigenvalue weighted by molar-refractivity contribution is 5.39. The first-order valence-electron chi connectivity index (χ1n) is 8.64. The van der Waals surface area contributed by atoms with Crippen molar-refractivity contribution in [1.82, 2.24) is 5.32 Å². The van der Waals surface area contributed by atoms with Gasteiger partial charge < -0.3 is 10.1 Å². The average Bonchev–Trinajstić information content (AvgIpc) is 2.88. The quantitative estimate of drug-likeness (QED) is 0.773. The maximum absolute atomic E-state index is 5.91. The number of rotatable bonds is 7. The highest BCUT2D eigenvalue weighted by Gasteiger charge is 2.33. The number of aryl methyl sites for hydroxylation is 1. The van der Waals surface area contributed by atoms with Gasteiger partial charge in [0.2, 0.25) is 0 Å². The number of nitrogens with one attached hydrogen (secondary N) is 1. The van der Waals surface area contributed by atoms with Gasteiger partial charge in [0.25, 0.3) is 0 Å². The van der Waals surface area contributed by atoms with E-state index in [9.17, 15) is 0 Å². The fraction of sp³-hybridized carbons (Fsp3) is 0.684. The van der Waals surface area contributed by atoms with Gasteiger partial charge in [-0.25, -0.2) is 0 Å². The third-order valence-electron chi connectivity index (χ3n) is 4.77. The second-order valence-electron chi connectivity index (χ2n) is 6.48. The molecule has 2 rings (SSSR count). The van der Waals surface area contributed by atoms with E-state index in [2.05, 4.69) is 51.2 Å². The van der Waals surface area contributed by atoms with Crippen LogP contribution in [-0.4, -0.2) is 13.2 Å². The molecule has 21 heavy (non-hydrogen) atoms. The van der Waals surface area contributed by atoms with Crippen molar-refractivity contribution in [2.24, 2.45) is 11.8 Å². The lowest BCUT2D eigenvalue weighted by atomic mass is 9.85. The molecule has 1 saturated carbocycles. The Morgan fingerprint density at radius 3 is 2.71 bits per heavy atom. The van der Waals surface area contributed by atoms with Gasteiger partial charge in [0.05, 0.1) is 6.61 Å². The van der Waals surface area contributed by atoms with E-state index in [4.69, 9.17) is 4.74 Å². The highest BCUT2D eigenvalue weighted by atomic mass is 16.5. The largest absolute Gasteiger partial charge is 0.494 e. The molecule has 2 heteroatoms. The van der Waals surface area contributed by atoms with Crippen molar-refractivity contribution < 1.29 is 4.74 Å². The first kappa shape index (κ1) is 16.4. The zero-order valence-corrected chi connectivity index (χ0v) is 14.1. The minimum atomic E-state index is 0.434. The van der Waals surface area contributed by atoms with E-state index in [1.54, 1.807) is 0 Å². The molecule has 3 unspecified atom stereocenters. The zero-order chi connectivity index (χ0) is 15.2. The van der Waals surface area contributed by atoms with Crippen LogP contribution < -0.4 is 10.1 Å². The maximum Gasteiger partial charge on any atom is 0.124 e. The summed E-state index contributed by atoms with van der Waals surface area (Å²) in [5.41, 5.74) is 2.69. The van der Waals surface area contributed by atoms with Crippen molar-refractivity contribution in [2.75, 3.05) is 13.2 Å². The number of ether oxygens (including phenoxy) is 1. The van der Waals surface area contributed by atoms with E-state index in [-0.39, 0.29) is 0 Å². The van der Waals surface area contributed by atoms with Crippen LogP contribution >= 0.6 is 0 Å². The van der Waals surface area contributed by atoms with Crippen LogP contribution in [0, 0.1) is 18.8 Å². The Labute approximate surface area is 130 Å². The lowest BCUT2D eigenvalue weighted by Gasteiger charge is -2.30. The number of benzene rings is 1. The van der Waals surface area contributed by atoms with Gasteiger partial charge in [-0.15, -0.1) is 0 Å². The Hall–Kier alpha value is -1.02. The van der Waals surface area contributed by atoms with Crippen LogP contribution in [0.3, 0.4) is 0 Å². The lowest BCUT2D eigenvalue weighted by molar-refractivity contribution is 0.283. The van der Waals surface area contributed by atoms with Crippen LogP contribution in [0.15, 0.2) is 18.2 Å². The average molecular weight is 289 g/mol. The number of hydrogen-bond donors (Lipinski definition) is 1. The molecule has 0 amide bonds. The summed E-state index contributed by atoms with van der Waals surface area (Å²) in [5, 5.41) is 3.80. The molecule has 0 heterocycles. The summed E-state index contributed by atoms with van der Waals surface area (Å²) in [7, 11) is 0. The predicted octanol–water partition coefficient (Wildman–Crippen LogP) is 4.87.